The number of anilines is 1. The first-order valence-electron chi connectivity index (χ1n) is 7.63. The van der Waals surface area contributed by atoms with Gasteiger partial charge in [0.2, 0.25) is 0 Å². The summed E-state index contributed by atoms with van der Waals surface area (Å²) >= 11 is 5.24. The lowest BCUT2D eigenvalue weighted by atomic mass is 10.3. The van der Waals surface area contributed by atoms with E-state index >= 15 is 0 Å². The number of methoxy groups -OCH3 is 1. The molecule has 22 heavy (non-hydrogen) atoms. The molecule has 1 aromatic rings. The normalized spacial score (nSPS) is 15.1. The van der Waals surface area contributed by atoms with E-state index < -0.39 is 0 Å². The summed E-state index contributed by atoms with van der Waals surface area (Å²) in [6.45, 7) is 6.01. The third kappa shape index (κ3) is 6.05. The van der Waals surface area contributed by atoms with E-state index in [0.717, 1.165) is 57.3 Å². The Balaban J connectivity index is 1.57. The molecule has 0 unspecified atom stereocenters. The van der Waals surface area contributed by atoms with Crippen molar-refractivity contribution in [2.75, 3.05) is 51.9 Å². The highest BCUT2D eigenvalue weighted by molar-refractivity contribution is 7.80. The van der Waals surface area contributed by atoms with E-state index in [2.05, 4.69) is 16.2 Å². The van der Waals surface area contributed by atoms with Crippen molar-refractivity contribution >= 4 is 23.0 Å². The van der Waals surface area contributed by atoms with E-state index in [1.807, 2.05) is 24.3 Å². The minimum absolute atomic E-state index is 0.597. The number of quaternary nitrogens is 1. The van der Waals surface area contributed by atoms with Gasteiger partial charge in [0.05, 0.1) is 32.6 Å². The minimum atomic E-state index is 0.597. The van der Waals surface area contributed by atoms with Gasteiger partial charge in [0.1, 0.15) is 18.8 Å². The van der Waals surface area contributed by atoms with E-state index in [0.29, 0.717) is 5.11 Å². The smallest absolute Gasteiger partial charge is 0.185 e. The van der Waals surface area contributed by atoms with Gasteiger partial charge in [-0.15, -0.1) is 0 Å². The molecule has 0 saturated carbocycles. The third-order valence-corrected chi connectivity index (χ3v) is 3.83. The molecule has 4 N–H and O–H groups in total. The molecule has 0 amide bonds. The van der Waals surface area contributed by atoms with Gasteiger partial charge in [0.15, 0.2) is 5.11 Å². The van der Waals surface area contributed by atoms with Crippen LogP contribution < -0.4 is 25.8 Å². The maximum atomic E-state index is 5.35. The number of morpholine rings is 1. The minimum Gasteiger partial charge on any atom is -0.497 e. The molecule has 6 nitrogen and oxygen atoms in total. The zero-order valence-corrected chi connectivity index (χ0v) is 13.8. The molecule has 1 fully saturated rings. The zero-order valence-electron chi connectivity index (χ0n) is 13.0. The van der Waals surface area contributed by atoms with E-state index in [1.54, 1.807) is 12.0 Å². The molecule has 1 aliphatic heterocycles. The Kier molecular flexibility index (Phi) is 7.21. The standard InChI is InChI=1S/C15H24N4O2S/c1-20-14-5-2-4-13(12-14)17-18-15(22)16-6-3-7-19-8-10-21-11-9-19/h2,4-5,12,17H,3,6-11H2,1H3,(H2,16,18,22)/p+1. The summed E-state index contributed by atoms with van der Waals surface area (Å²) in [5.41, 5.74) is 6.93. The van der Waals surface area contributed by atoms with Crippen molar-refractivity contribution in [3.63, 3.8) is 0 Å². The van der Waals surface area contributed by atoms with E-state index in [9.17, 15) is 0 Å². The third-order valence-electron chi connectivity index (χ3n) is 3.58. The number of ether oxygens (including phenoxy) is 2. The predicted octanol–water partition coefficient (Wildman–Crippen LogP) is -0.209. The quantitative estimate of drug-likeness (QED) is 0.316. The lowest BCUT2D eigenvalue weighted by Gasteiger charge is -2.23. The molecule has 0 spiro atoms. The fourth-order valence-electron chi connectivity index (χ4n) is 2.32. The van der Waals surface area contributed by atoms with Gasteiger partial charge in [0.25, 0.3) is 0 Å². The molecular weight excluding hydrogens is 300 g/mol. The monoisotopic (exact) mass is 325 g/mol. The number of benzene rings is 1. The molecule has 0 radical (unpaired) electrons. The van der Waals surface area contributed by atoms with Gasteiger partial charge in [-0.05, 0) is 24.4 Å². The van der Waals surface area contributed by atoms with Crippen LogP contribution in [0.3, 0.4) is 0 Å². The number of hydrazine groups is 1. The van der Waals surface area contributed by atoms with Gasteiger partial charge in [-0.2, -0.15) is 0 Å². The summed E-state index contributed by atoms with van der Waals surface area (Å²) in [5, 5.41) is 3.80. The van der Waals surface area contributed by atoms with Gasteiger partial charge < -0.3 is 19.7 Å². The van der Waals surface area contributed by atoms with E-state index in [-0.39, 0.29) is 0 Å². The summed E-state index contributed by atoms with van der Waals surface area (Å²) in [6, 6.07) is 7.66. The van der Waals surface area contributed by atoms with Crippen molar-refractivity contribution in [3.8, 4) is 5.75 Å². The van der Waals surface area contributed by atoms with Crippen LogP contribution in [0.2, 0.25) is 0 Å². The lowest BCUT2D eigenvalue weighted by molar-refractivity contribution is -0.908. The van der Waals surface area contributed by atoms with Crippen LogP contribution >= 0.6 is 12.2 Å². The number of thiocarbonyl (C=S) groups is 1. The highest BCUT2D eigenvalue weighted by atomic mass is 32.1. The molecule has 0 aliphatic carbocycles. The van der Waals surface area contributed by atoms with Gasteiger partial charge in [-0.25, -0.2) is 0 Å². The Labute approximate surface area is 137 Å². The lowest BCUT2D eigenvalue weighted by Crippen LogP contribution is -3.14. The first-order chi connectivity index (χ1) is 10.8. The number of hydrogen-bond donors (Lipinski definition) is 4. The predicted molar refractivity (Wildman–Crippen MR) is 91.4 cm³/mol. The van der Waals surface area contributed by atoms with Crippen LogP contribution in [0, 0.1) is 0 Å². The summed E-state index contributed by atoms with van der Waals surface area (Å²) in [4.78, 5) is 1.61. The number of nitrogens with one attached hydrogen (secondary N) is 4. The Morgan fingerprint density at radius 3 is 2.95 bits per heavy atom. The summed E-state index contributed by atoms with van der Waals surface area (Å²) < 4.78 is 10.5. The fraction of sp³-hybridized carbons (Fsp3) is 0.533. The van der Waals surface area contributed by atoms with Crippen LogP contribution in [0.5, 0.6) is 5.75 Å². The van der Waals surface area contributed by atoms with Crippen LogP contribution in [0.15, 0.2) is 24.3 Å². The topological polar surface area (TPSA) is 59.0 Å². The average Bonchev–Trinajstić information content (AvgIpc) is 2.58. The highest BCUT2D eigenvalue weighted by Crippen LogP contribution is 2.15. The molecule has 1 saturated heterocycles. The largest absolute Gasteiger partial charge is 0.497 e. The van der Waals surface area contributed by atoms with Crippen LogP contribution in [0.1, 0.15) is 6.42 Å². The van der Waals surface area contributed by atoms with E-state index in [1.165, 1.54) is 0 Å². The molecule has 0 atom stereocenters. The van der Waals surface area contributed by atoms with Crippen molar-refractivity contribution < 1.29 is 14.4 Å². The molecule has 122 valence electrons. The van der Waals surface area contributed by atoms with Crippen LogP contribution in [0.4, 0.5) is 5.69 Å². The fourth-order valence-corrected chi connectivity index (χ4v) is 2.48. The van der Waals surface area contributed by atoms with Crippen molar-refractivity contribution in [2.24, 2.45) is 0 Å². The molecule has 1 heterocycles. The summed E-state index contributed by atoms with van der Waals surface area (Å²) in [7, 11) is 1.65. The first-order valence-corrected chi connectivity index (χ1v) is 8.04. The number of rotatable bonds is 7. The Bertz CT molecular complexity index is 467. The molecule has 1 aromatic carbocycles. The van der Waals surface area contributed by atoms with Gasteiger partial charge in [-0.3, -0.25) is 10.9 Å². The molecule has 7 heteroatoms. The zero-order chi connectivity index (χ0) is 15.6. The van der Waals surface area contributed by atoms with Crippen LogP contribution in [-0.2, 0) is 4.74 Å². The van der Waals surface area contributed by atoms with Crippen LogP contribution in [0.25, 0.3) is 0 Å². The molecule has 0 bridgehead atoms. The Hall–Kier alpha value is -1.57. The Morgan fingerprint density at radius 1 is 1.36 bits per heavy atom. The van der Waals surface area contributed by atoms with Crippen molar-refractivity contribution in [1.29, 1.82) is 0 Å². The second-order valence-electron chi connectivity index (χ2n) is 5.20. The van der Waals surface area contributed by atoms with Gasteiger partial charge in [0, 0.05) is 19.0 Å². The maximum Gasteiger partial charge on any atom is 0.185 e. The first kappa shape index (κ1) is 16.8. The van der Waals surface area contributed by atoms with Crippen molar-refractivity contribution in [3.05, 3.63) is 24.3 Å². The SMILES string of the molecule is COc1cccc(NNC(=S)NCCC[NH+]2CCOCC2)c1. The van der Waals surface area contributed by atoms with Crippen molar-refractivity contribution in [2.45, 2.75) is 6.42 Å². The summed E-state index contributed by atoms with van der Waals surface area (Å²) in [6.07, 6.45) is 1.09. The molecule has 1 aliphatic rings. The van der Waals surface area contributed by atoms with Crippen molar-refractivity contribution in [1.82, 2.24) is 10.7 Å². The van der Waals surface area contributed by atoms with E-state index in [4.69, 9.17) is 21.7 Å². The highest BCUT2D eigenvalue weighted by Gasteiger charge is 2.12. The summed E-state index contributed by atoms with van der Waals surface area (Å²) in [5.74, 6) is 0.805. The number of hydrogen-bond acceptors (Lipinski definition) is 4. The second-order valence-corrected chi connectivity index (χ2v) is 5.61. The maximum absolute atomic E-state index is 5.35. The molecule has 0 aromatic heterocycles. The average molecular weight is 325 g/mol. The molecule has 2 rings (SSSR count). The van der Waals surface area contributed by atoms with Crippen LogP contribution in [-0.4, -0.2) is 51.6 Å². The van der Waals surface area contributed by atoms with Gasteiger partial charge >= 0.3 is 0 Å². The second kappa shape index (κ2) is 9.45. The van der Waals surface area contributed by atoms with Gasteiger partial charge in [-0.1, -0.05) is 6.07 Å². The Morgan fingerprint density at radius 2 is 2.18 bits per heavy atom. The molecular formula is C15H25N4O2S+.